The number of aromatic nitrogens is 3. The van der Waals surface area contributed by atoms with Crippen molar-refractivity contribution in [1.29, 1.82) is 0 Å². The van der Waals surface area contributed by atoms with E-state index in [1.54, 1.807) is 18.3 Å². The lowest BCUT2D eigenvalue weighted by Crippen LogP contribution is -2.38. The number of nitrogens with one attached hydrogen (secondary N) is 1. The van der Waals surface area contributed by atoms with Crippen LogP contribution in [0.15, 0.2) is 45.1 Å². The Bertz CT molecular complexity index is 767. The summed E-state index contributed by atoms with van der Waals surface area (Å²) in [6, 6.07) is 6.63. The molecule has 0 saturated carbocycles. The van der Waals surface area contributed by atoms with E-state index >= 15 is 0 Å². The van der Waals surface area contributed by atoms with Crippen LogP contribution in [-0.2, 0) is 18.9 Å². The molecule has 0 atom stereocenters. The van der Waals surface area contributed by atoms with Gasteiger partial charge in [0.05, 0.1) is 10.8 Å². The fraction of sp³-hybridized carbons (Fsp3) is 0.231. The fourth-order valence-corrected chi connectivity index (χ4v) is 2.27. The molecule has 0 aliphatic carbocycles. The Morgan fingerprint density at radius 3 is 2.71 bits per heavy atom. The molecule has 1 amide bonds. The summed E-state index contributed by atoms with van der Waals surface area (Å²) in [7, 11) is 2.87. The second-order valence-corrected chi connectivity index (χ2v) is 5.27. The predicted octanol–water partition coefficient (Wildman–Crippen LogP) is 0.210. The number of amides is 1. The molecule has 110 valence electrons. The molecule has 21 heavy (non-hydrogen) atoms. The van der Waals surface area contributed by atoms with Crippen molar-refractivity contribution in [2.75, 3.05) is 11.1 Å². The smallest absolute Gasteiger partial charge is 0.311 e. The fourth-order valence-electron chi connectivity index (χ4n) is 1.60. The zero-order valence-electron chi connectivity index (χ0n) is 11.6. The van der Waals surface area contributed by atoms with Crippen LogP contribution in [0.25, 0.3) is 0 Å². The number of hydrogen-bond acceptors (Lipinski definition) is 5. The minimum Gasteiger partial charge on any atom is -0.311 e. The van der Waals surface area contributed by atoms with Crippen LogP contribution in [0.2, 0.25) is 0 Å². The lowest BCUT2D eigenvalue weighted by Gasteiger charge is -2.10. The average Bonchev–Trinajstić information content (AvgIpc) is 2.49. The van der Waals surface area contributed by atoms with Gasteiger partial charge in [0.25, 0.3) is 5.56 Å². The van der Waals surface area contributed by atoms with Crippen LogP contribution in [0.5, 0.6) is 0 Å². The first-order chi connectivity index (χ1) is 9.99. The summed E-state index contributed by atoms with van der Waals surface area (Å²) in [5.74, 6) is 0.00377. The van der Waals surface area contributed by atoms with Gasteiger partial charge in [-0.15, -0.1) is 0 Å². The highest BCUT2D eigenvalue weighted by atomic mass is 32.2. The number of anilines is 1. The second-order valence-electron chi connectivity index (χ2n) is 4.27. The molecule has 8 heteroatoms. The predicted molar refractivity (Wildman–Crippen MR) is 80.5 cm³/mol. The Hall–Kier alpha value is -2.35. The third-order valence-corrected chi connectivity index (χ3v) is 3.73. The van der Waals surface area contributed by atoms with Crippen molar-refractivity contribution in [3.8, 4) is 0 Å². The number of pyridine rings is 1. The van der Waals surface area contributed by atoms with Gasteiger partial charge >= 0.3 is 5.69 Å². The van der Waals surface area contributed by atoms with E-state index in [9.17, 15) is 14.4 Å². The van der Waals surface area contributed by atoms with E-state index in [0.717, 1.165) is 9.59 Å². The Morgan fingerprint density at radius 2 is 2.05 bits per heavy atom. The Labute approximate surface area is 124 Å². The van der Waals surface area contributed by atoms with Crippen molar-refractivity contribution < 1.29 is 4.79 Å². The van der Waals surface area contributed by atoms with Crippen molar-refractivity contribution in [3.63, 3.8) is 0 Å². The van der Waals surface area contributed by atoms with Gasteiger partial charge in [0.1, 0.15) is 5.82 Å². The zero-order valence-corrected chi connectivity index (χ0v) is 12.4. The average molecular weight is 306 g/mol. The number of carbonyl (C=O) groups excluding carboxylic acids is 1. The minimum atomic E-state index is -0.491. The van der Waals surface area contributed by atoms with E-state index in [1.807, 2.05) is 6.07 Å². The van der Waals surface area contributed by atoms with Gasteiger partial charge in [-0.25, -0.2) is 9.78 Å². The van der Waals surface area contributed by atoms with Crippen molar-refractivity contribution >= 4 is 23.5 Å². The lowest BCUT2D eigenvalue weighted by atomic mass is 10.5. The molecule has 0 aliphatic rings. The second kappa shape index (κ2) is 6.40. The molecule has 0 bridgehead atoms. The number of carbonyl (C=O) groups is 1. The molecule has 0 radical (unpaired) electrons. The van der Waals surface area contributed by atoms with E-state index in [-0.39, 0.29) is 17.5 Å². The zero-order chi connectivity index (χ0) is 15.4. The van der Waals surface area contributed by atoms with E-state index in [1.165, 1.54) is 36.5 Å². The SMILES string of the molecule is Cn1c(NC(=O)CSc2ccccn2)cc(=O)n(C)c1=O. The number of nitrogens with zero attached hydrogens (tertiary/aromatic N) is 3. The summed E-state index contributed by atoms with van der Waals surface area (Å²) in [4.78, 5) is 39.2. The maximum absolute atomic E-state index is 11.9. The van der Waals surface area contributed by atoms with Crippen LogP contribution in [0.3, 0.4) is 0 Å². The van der Waals surface area contributed by atoms with Crippen LogP contribution in [0.4, 0.5) is 5.82 Å². The molecule has 0 unspecified atom stereocenters. The van der Waals surface area contributed by atoms with Gasteiger partial charge in [-0.3, -0.25) is 18.7 Å². The van der Waals surface area contributed by atoms with Crippen molar-refractivity contribution in [3.05, 3.63) is 51.3 Å². The van der Waals surface area contributed by atoms with Crippen LogP contribution < -0.4 is 16.6 Å². The van der Waals surface area contributed by atoms with E-state index in [2.05, 4.69) is 10.3 Å². The van der Waals surface area contributed by atoms with E-state index in [0.29, 0.717) is 0 Å². The highest BCUT2D eigenvalue weighted by Gasteiger charge is 2.09. The Kier molecular flexibility index (Phi) is 4.59. The molecule has 0 aliphatic heterocycles. The molecule has 2 heterocycles. The van der Waals surface area contributed by atoms with Crippen molar-refractivity contribution in [2.45, 2.75) is 5.03 Å². The molecule has 0 saturated heterocycles. The monoisotopic (exact) mass is 306 g/mol. The highest BCUT2D eigenvalue weighted by Crippen LogP contribution is 2.14. The molecule has 0 fully saturated rings. The third-order valence-electron chi connectivity index (χ3n) is 2.78. The number of thioether (sulfide) groups is 1. The third kappa shape index (κ3) is 3.60. The number of hydrogen-bond donors (Lipinski definition) is 1. The summed E-state index contributed by atoms with van der Waals surface area (Å²) >= 11 is 1.27. The van der Waals surface area contributed by atoms with Gasteiger partial charge in [-0.2, -0.15) is 0 Å². The minimum absolute atomic E-state index is 0.139. The van der Waals surface area contributed by atoms with Crippen molar-refractivity contribution in [2.24, 2.45) is 14.1 Å². The maximum Gasteiger partial charge on any atom is 0.332 e. The largest absolute Gasteiger partial charge is 0.332 e. The normalized spacial score (nSPS) is 10.4. The van der Waals surface area contributed by atoms with Gasteiger partial charge in [-0.05, 0) is 12.1 Å². The molecule has 2 aromatic rings. The van der Waals surface area contributed by atoms with Gasteiger partial charge in [0, 0.05) is 26.4 Å². The molecule has 7 nitrogen and oxygen atoms in total. The van der Waals surface area contributed by atoms with Crippen molar-refractivity contribution in [1.82, 2.24) is 14.1 Å². The molecular weight excluding hydrogens is 292 g/mol. The molecule has 1 N–H and O–H groups in total. The van der Waals surface area contributed by atoms with E-state index < -0.39 is 11.2 Å². The summed E-state index contributed by atoms with van der Waals surface area (Å²) in [5.41, 5.74) is -0.957. The Morgan fingerprint density at radius 1 is 1.29 bits per heavy atom. The molecule has 2 aromatic heterocycles. The molecule has 0 spiro atoms. The Balaban J connectivity index is 2.07. The van der Waals surface area contributed by atoms with E-state index in [4.69, 9.17) is 0 Å². The highest BCUT2D eigenvalue weighted by molar-refractivity contribution is 7.99. The lowest BCUT2D eigenvalue weighted by molar-refractivity contribution is -0.113. The van der Waals surface area contributed by atoms with Crippen LogP contribution in [0, 0.1) is 0 Å². The topological polar surface area (TPSA) is 86.0 Å². The first-order valence-corrected chi connectivity index (χ1v) is 7.08. The molecule has 2 rings (SSSR count). The summed E-state index contributed by atoms with van der Waals surface area (Å²) in [6.07, 6.45) is 1.64. The summed E-state index contributed by atoms with van der Waals surface area (Å²) in [5, 5.41) is 3.28. The first kappa shape index (κ1) is 15.0. The summed E-state index contributed by atoms with van der Waals surface area (Å²) in [6.45, 7) is 0. The van der Waals surface area contributed by atoms with Crippen LogP contribution >= 0.6 is 11.8 Å². The molecular formula is C13H14N4O3S. The van der Waals surface area contributed by atoms with Gasteiger partial charge in [0.15, 0.2) is 0 Å². The molecule has 0 aromatic carbocycles. The van der Waals surface area contributed by atoms with Gasteiger partial charge in [-0.1, -0.05) is 17.8 Å². The van der Waals surface area contributed by atoms with Crippen LogP contribution in [0.1, 0.15) is 0 Å². The van der Waals surface area contributed by atoms with Crippen LogP contribution in [-0.4, -0.2) is 25.8 Å². The quantitative estimate of drug-likeness (QED) is 0.816. The van der Waals surface area contributed by atoms with Gasteiger partial charge < -0.3 is 5.32 Å². The maximum atomic E-state index is 11.9. The van der Waals surface area contributed by atoms with Gasteiger partial charge in [0.2, 0.25) is 5.91 Å². The number of rotatable bonds is 4. The standard InChI is InChI=1S/C13H14N4O3S/c1-16-9(7-12(19)17(2)13(16)20)15-10(18)8-21-11-5-3-4-6-14-11/h3-7H,8H2,1-2H3,(H,15,18). The first-order valence-electron chi connectivity index (χ1n) is 6.10. The summed E-state index contributed by atoms with van der Waals surface area (Å²) < 4.78 is 2.18.